The Morgan fingerprint density at radius 1 is 1.29 bits per heavy atom. The number of aliphatic hydroxyl groups excluding tert-OH is 1. The van der Waals surface area contributed by atoms with Crippen LogP contribution in [0.5, 0.6) is 5.75 Å². The van der Waals surface area contributed by atoms with Crippen molar-refractivity contribution in [2.45, 2.75) is 38.8 Å². The van der Waals surface area contributed by atoms with Gasteiger partial charge in [0.05, 0.1) is 18.2 Å². The number of nitrogens with one attached hydrogen (secondary N) is 1. The van der Waals surface area contributed by atoms with Crippen LogP contribution in [0.25, 0.3) is 0 Å². The number of anilines is 1. The Balaban J connectivity index is 2.30. The van der Waals surface area contributed by atoms with E-state index in [2.05, 4.69) is 17.1 Å². The molecule has 174 valence electrons. The summed E-state index contributed by atoms with van der Waals surface area (Å²) in [6, 6.07) is 4.89. The summed E-state index contributed by atoms with van der Waals surface area (Å²) in [6.45, 7) is 5.81. The summed E-state index contributed by atoms with van der Waals surface area (Å²) in [6.07, 6.45) is 1.06. The number of fused-ring (bicyclic) bond motifs is 1. The van der Waals surface area contributed by atoms with Gasteiger partial charge in [-0.25, -0.2) is 0 Å². The highest BCUT2D eigenvalue weighted by Gasteiger charge is 2.33. The van der Waals surface area contributed by atoms with Crippen LogP contribution in [0, 0.1) is 5.92 Å². The molecule has 1 aliphatic rings. The zero-order valence-corrected chi connectivity index (χ0v) is 19.7. The highest BCUT2D eigenvalue weighted by atomic mass is 16.5. The Bertz CT molecular complexity index is 753. The Morgan fingerprint density at radius 2 is 2.00 bits per heavy atom. The largest absolute Gasteiger partial charge is 0.488 e. The molecule has 0 radical (unpaired) electrons. The molecule has 1 aromatic rings. The summed E-state index contributed by atoms with van der Waals surface area (Å²) in [5, 5.41) is 12.6. The fourth-order valence-electron chi connectivity index (χ4n) is 3.66. The average Bonchev–Trinajstić information content (AvgIpc) is 2.69. The summed E-state index contributed by atoms with van der Waals surface area (Å²) in [4.78, 5) is 31.5. The van der Waals surface area contributed by atoms with Crippen LogP contribution in [0.2, 0.25) is 0 Å². The number of nitrogens with zero attached hydrogens (tertiary/aromatic N) is 3. The second-order valence-corrected chi connectivity index (χ2v) is 9.05. The first kappa shape index (κ1) is 25.1. The van der Waals surface area contributed by atoms with Crippen molar-refractivity contribution >= 4 is 17.5 Å². The van der Waals surface area contributed by atoms with Gasteiger partial charge < -0.3 is 29.9 Å². The summed E-state index contributed by atoms with van der Waals surface area (Å²) in [5.41, 5.74) is 0.974. The number of hydrogen-bond acceptors (Lipinski definition) is 6. The van der Waals surface area contributed by atoms with Crippen molar-refractivity contribution in [2.75, 3.05) is 59.7 Å². The molecule has 1 heterocycles. The molecule has 1 aromatic carbocycles. The molecule has 1 aliphatic heterocycles. The molecule has 3 atom stereocenters. The Morgan fingerprint density at radius 3 is 2.61 bits per heavy atom. The van der Waals surface area contributed by atoms with Crippen LogP contribution in [0.1, 0.15) is 37.0 Å². The molecule has 8 heteroatoms. The number of aliphatic hydroxyl groups is 1. The standard InChI is InChI=1S/C23H38N4O4/c1-16-13-27(17(2)15-28)23(30)19-12-18(24-22(29)8-7-11-25(3)4)9-10-20(19)31-21(16)14-26(5)6/h9-10,12,16-17,21,28H,7-8,11,13-15H2,1-6H3,(H,24,29)/t16-,17-,21+/m0/s1. The normalized spacial score (nSPS) is 20.2. The third-order valence-electron chi connectivity index (χ3n) is 5.50. The lowest BCUT2D eigenvalue weighted by Gasteiger charge is -2.37. The minimum Gasteiger partial charge on any atom is -0.488 e. The lowest BCUT2D eigenvalue weighted by Crippen LogP contribution is -2.49. The van der Waals surface area contributed by atoms with Crippen molar-refractivity contribution in [1.29, 1.82) is 0 Å². The number of hydrogen-bond donors (Lipinski definition) is 2. The minimum atomic E-state index is -0.315. The van der Waals surface area contributed by atoms with E-state index in [0.29, 0.717) is 36.5 Å². The number of amides is 2. The maximum absolute atomic E-state index is 13.4. The van der Waals surface area contributed by atoms with Gasteiger partial charge in [0.15, 0.2) is 0 Å². The molecule has 31 heavy (non-hydrogen) atoms. The van der Waals surface area contributed by atoms with Crippen LogP contribution >= 0.6 is 0 Å². The van der Waals surface area contributed by atoms with Crippen LogP contribution in [0.15, 0.2) is 18.2 Å². The molecular weight excluding hydrogens is 396 g/mol. The number of benzene rings is 1. The Labute approximate surface area is 186 Å². The predicted molar refractivity (Wildman–Crippen MR) is 123 cm³/mol. The highest BCUT2D eigenvalue weighted by Crippen LogP contribution is 2.30. The zero-order chi connectivity index (χ0) is 23.1. The summed E-state index contributed by atoms with van der Waals surface area (Å²) < 4.78 is 6.27. The lowest BCUT2D eigenvalue weighted by molar-refractivity contribution is -0.116. The van der Waals surface area contributed by atoms with Gasteiger partial charge in [-0.15, -0.1) is 0 Å². The predicted octanol–water partition coefficient (Wildman–Crippen LogP) is 1.75. The number of carbonyl (C=O) groups is 2. The monoisotopic (exact) mass is 434 g/mol. The second-order valence-electron chi connectivity index (χ2n) is 9.05. The van der Waals surface area contributed by atoms with Gasteiger partial charge in [-0.05, 0) is 66.3 Å². The van der Waals surface area contributed by atoms with Crippen molar-refractivity contribution in [3.63, 3.8) is 0 Å². The number of rotatable bonds is 9. The first-order chi connectivity index (χ1) is 14.6. The van der Waals surface area contributed by atoms with Gasteiger partial charge in [-0.3, -0.25) is 9.59 Å². The molecule has 0 aromatic heterocycles. The Hall–Kier alpha value is -2.16. The maximum atomic E-state index is 13.4. The quantitative estimate of drug-likeness (QED) is 0.616. The third kappa shape index (κ3) is 7.19. The Kier molecular flexibility index (Phi) is 9.28. The second kappa shape index (κ2) is 11.5. The molecule has 0 fully saturated rings. The van der Waals surface area contributed by atoms with Gasteiger partial charge in [0.1, 0.15) is 11.9 Å². The van der Waals surface area contributed by atoms with E-state index >= 15 is 0 Å². The molecule has 0 aliphatic carbocycles. The molecule has 0 saturated heterocycles. The molecule has 2 amide bonds. The first-order valence-corrected chi connectivity index (χ1v) is 10.9. The minimum absolute atomic E-state index is 0.0827. The smallest absolute Gasteiger partial charge is 0.258 e. The van der Waals surface area contributed by atoms with E-state index in [9.17, 15) is 14.7 Å². The van der Waals surface area contributed by atoms with Gasteiger partial charge in [0.2, 0.25) is 5.91 Å². The van der Waals surface area contributed by atoms with Crippen molar-refractivity contribution in [2.24, 2.45) is 5.92 Å². The molecule has 0 saturated carbocycles. The SMILES string of the molecule is C[C@H]1CN([C@@H](C)CO)C(=O)c2cc(NC(=O)CCCN(C)C)ccc2O[C@@H]1CN(C)C. The molecule has 2 N–H and O–H groups in total. The van der Waals surface area contributed by atoms with Gasteiger partial charge in [0.25, 0.3) is 5.91 Å². The van der Waals surface area contributed by atoms with Crippen LogP contribution in [0.3, 0.4) is 0 Å². The van der Waals surface area contributed by atoms with Crippen molar-refractivity contribution in [3.05, 3.63) is 23.8 Å². The third-order valence-corrected chi connectivity index (χ3v) is 5.50. The fraction of sp³-hybridized carbons (Fsp3) is 0.652. The topological polar surface area (TPSA) is 85.3 Å². The van der Waals surface area contributed by atoms with Crippen LogP contribution < -0.4 is 10.1 Å². The van der Waals surface area contributed by atoms with Gasteiger partial charge >= 0.3 is 0 Å². The van der Waals surface area contributed by atoms with E-state index in [1.807, 2.05) is 40.0 Å². The molecule has 8 nitrogen and oxygen atoms in total. The van der Waals surface area contributed by atoms with Gasteiger partial charge in [-0.1, -0.05) is 6.92 Å². The first-order valence-electron chi connectivity index (χ1n) is 10.9. The van der Waals surface area contributed by atoms with Gasteiger partial charge in [-0.2, -0.15) is 0 Å². The number of ether oxygens (including phenoxy) is 1. The van der Waals surface area contributed by atoms with Crippen LogP contribution in [-0.4, -0.2) is 98.2 Å². The maximum Gasteiger partial charge on any atom is 0.258 e. The summed E-state index contributed by atoms with van der Waals surface area (Å²) in [7, 11) is 7.93. The van der Waals surface area contributed by atoms with E-state index in [-0.39, 0.29) is 36.5 Å². The van der Waals surface area contributed by atoms with Crippen molar-refractivity contribution in [1.82, 2.24) is 14.7 Å². The lowest BCUT2D eigenvalue weighted by atomic mass is 9.99. The number of carbonyl (C=O) groups excluding carboxylic acids is 2. The average molecular weight is 435 g/mol. The molecular formula is C23H38N4O4. The van der Waals surface area contributed by atoms with E-state index in [4.69, 9.17) is 4.74 Å². The van der Waals surface area contributed by atoms with Crippen molar-refractivity contribution < 1.29 is 19.4 Å². The summed E-state index contributed by atoms with van der Waals surface area (Å²) >= 11 is 0. The molecule has 0 spiro atoms. The van der Waals surface area contributed by atoms with E-state index in [0.717, 1.165) is 13.0 Å². The van der Waals surface area contributed by atoms with Crippen LogP contribution in [-0.2, 0) is 4.79 Å². The molecule has 0 unspecified atom stereocenters. The molecule has 2 rings (SSSR count). The van der Waals surface area contributed by atoms with Crippen LogP contribution in [0.4, 0.5) is 5.69 Å². The molecule has 0 bridgehead atoms. The number of likely N-dealkylation sites (N-methyl/N-ethyl adjacent to an activating group) is 1. The summed E-state index contributed by atoms with van der Waals surface area (Å²) in [5.74, 6) is 0.310. The van der Waals surface area contributed by atoms with E-state index < -0.39 is 0 Å². The zero-order valence-electron chi connectivity index (χ0n) is 19.7. The van der Waals surface area contributed by atoms with Gasteiger partial charge in [0, 0.05) is 31.1 Å². The van der Waals surface area contributed by atoms with E-state index in [1.165, 1.54) is 0 Å². The van der Waals surface area contributed by atoms with E-state index in [1.54, 1.807) is 23.1 Å². The van der Waals surface area contributed by atoms with Crippen molar-refractivity contribution in [3.8, 4) is 5.75 Å². The fourth-order valence-corrected chi connectivity index (χ4v) is 3.66. The highest BCUT2D eigenvalue weighted by molar-refractivity contribution is 5.99.